The zero-order chi connectivity index (χ0) is 23.6. The number of Topliss-reactive ketones (excluding diaryl/α,β-unsaturated/α-hetero) is 1. The first kappa shape index (κ1) is 23.3. The van der Waals surface area contributed by atoms with Crippen LogP contribution in [0.2, 0.25) is 0 Å². The second kappa shape index (κ2) is 9.54. The van der Waals surface area contributed by atoms with Crippen molar-refractivity contribution in [2.75, 3.05) is 26.2 Å². The molecule has 9 nitrogen and oxygen atoms in total. The Morgan fingerprint density at radius 1 is 1.06 bits per heavy atom. The molecule has 4 rings (SSSR count). The molecule has 0 N–H and O–H groups in total. The van der Waals surface area contributed by atoms with Gasteiger partial charge >= 0.3 is 0 Å². The highest BCUT2D eigenvalue weighted by molar-refractivity contribution is 7.98. The number of imidazole rings is 1. The lowest BCUT2D eigenvalue weighted by Gasteiger charge is -2.33. The fourth-order valence-corrected chi connectivity index (χ4v) is 5.74. The van der Waals surface area contributed by atoms with Gasteiger partial charge in [-0.1, -0.05) is 23.9 Å². The number of hydrogen-bond donors (Lipinski definition) is 0. The predicted octanol–water partition coefficient (Wildman–Crippen LogP) is 2.65. The van der Waals surface area contributed by atoms with Gasteiger partial charge in [0.1, 0.15) is 5.76 Å². The van der Waals surface area contributed by atoms with Gasteiger partial charge in [-0.3, -0.25) is 9.59 Å². The number of aromatic nitrogens is 2. The molecule has 0 saturated carbocycles. The molecule has 11 heteroatoms. The number of ketones is 1. The standard InChI is InChI=1S/C22H24N4O5S2/c1-16(27)17-3-6-19(7-4-17)33(29,30)26-13-11-25(12-14-26)21(28)20-8-5-18(31-20)15-32-22-23-9-10-24(22)2/h3-10H,11-15H2,1-2H3. The summed E-state index contributed by atoms with van der Waals surface area (Å²) in [4.78, 5) is 30.2. The zero-order valence-electron chi connectivity index (χ0n) is 18.3. The summed E-state index contributed by atoms with van der Waals surface area (Å²) in [6.45, 7) is 2.33. The fourth-order valence-electron chi connectivity index (χ4n) is 3.50. The third-order valence-corrected chi connectivity index (χ3v) is 8.41. The Morgan fingerprint density at radius 2 is 1.76 bits per heavy atom. The van der Waals surface area contributed by atoms with Crippen molar-refractivity contribution in [3.63, 3.8) is 0 Å². The molecule has 0 aliphatic carbocycles. The molecule has 174 valence electrons. The smallest absolute Gasteiger partial charge is 0.289 e. The van der Waals surface area contributed by atoms with E-state index in [1.807, 2.05) is 17.8 Å². The summed E-state index contributed by atoms with van der Waals surface area (Å²) in [5, 5.41) is 0.854. The van der Waals surface area contributed by atoms with Crippen LogP contribution in [0.25, 0.3) is 0 Å². The highest BCUT2D eigenvalue weighted by atomic mass is 32.2. The van der Waals surface area contributed by atoms with E-state index in [0.29, 0.717) is 17.1 Å². The monoisotopic (exact) mass is 488 g/mol. The molecule has 0 atom stereocenters. The Balaban J connectivity index is 1.34. The molecule has 0 radical (unpaired) electrons. The summed E-state index contributed by atoms with van der Waals surface area (Å²) >= 11 is 1.51. The Kier molecular flexibility index (Phi) is 6.73. The number of benzene rings is 1. The molecule has 1 aliphatic rings. The number of carbonyl (C=O) groups excluding carboxylic acids is 2. The number of sulfonamides is 1. The topological polar surface area (TPSA) is 106 Å². The number of carbonyl (C=O) groups is 2. The van der Waals surface area contributed by atoms with Gasteiger partial charge in [-0.2, -0.15) is 4.31 Å². The van der Waals surface area contributed by atoms with Crippen molar-refractivity contribution in [3.8, 4) is 0 Å². The van der Waals surface area contributed by atoms with Crippen LogP contribution in [-0.4, -0.2) is 65.0 Å². The van der Waals surface area contributed by atoms with E-state index in [4.69, 9.17) is 4.42 Å². The normalized spacial score (nSPS) is 15.0. The van der Waals surface area contributed by atoms with Crippen molar-refractivity contribution in [2.24, 2.45) is 7.05 Å². The highest BCUT2D eigenvalue weighted by Crippen LogP contribution is 2.23. The summed E-state index contributed by atoms with van der Waals surface area (Å²) < 4.78 is 34.8. The van der Waals surface area contributed by atoms with E-state index in [-0.39, 0.29) is 48.5 Å². The lowest BCUT2D eigenvalue weighted by atomic mass is 10.2. The van der Waals surface area contributed by atoms with Crippen LogP contribution in [0.1, 0.15) is 33.6 Å². The van der Waals surface area contributed by atoms with Crippen LogP contribution in [0.3, 0.4) is 0 Å². The van der Waals surface area contributed by atoms with Gasteiger partial charge in [-0.05, 0) is 31.2 Å². The van der Waals surface area contributed by atoms with Gasteiger partial charge in [-0.15, -0.1) is 0 Å². The van der Waals surface area contributed by atoms with E-state index in [2.05, 4.69) is 4.98 Å². The molecule has 0 unspecified atom stereocenters. The van der Waals surface area contributed by atoms with Gasteiger partial charge < -0.3 is 13.9 Å². The molecule has 1 aromatic carbocycles. The molecule has 1 amide bonds. The first-order valence-corrected chi connectivity index (χ1v) is 12.8. The number of piperazine rings is 1. The lowest BCUT2D eigenvalue weighted by molar-refractivity contribution is 0.0664. The highest BCUT2D eigenvalue weighted by Gasteiger charge is 2.31. The molecule has 1 fully saturated rings. The third-order valence-electron chi connectivity index (χ3n) is 5.42. The molecule has 0 bridgehead atoms. The van der Waals surface area contributed by atoms with E-state index in [0.717, 1.165) is 5.16 Å². The number of rotatable bonds is 7. The number of aryl methyl sites for hydroxylation is 1. The van der Waals surface area contributed by atoms with Crippen LogP contribution in [0.5, 0.6) is 0 Å². The Hall–Kier alpha value is -2.89. The minimum atomic E-state index is -3.70. The molecular weight excluding hydrogens is 464 g/mol. The first-order valence-electron chi connectivity index (χ1n) is 10.3. The number of hydrogen-bond acceptors (Lipinski definition) is 7. The number of furan rings is 1. The second-order valence-corrected chi connectivity index (χ2v) is 10.5. The fraction of sp³-hybridized carbons (Fsp3) is 0.318. The number of nitrogens with zero attached hydrogens (tertiary/aromatic N) is 4. The Morgan fingerprint density at radius 3 is 2.36 bits per heavy atom. The largest absolute Gasteiger partial charge is 0.455 e. The van der Waals surface area contributed by atoms with Crippen molar-refractivity contribution in [2.45, 2.75) is 22.7 Å². The van der Waals surface area contributed by atoms with Gasteiger partial charge in [0.15, 0.2) is 16.7 Å². The van der Waals surface area contributed by atoms with Gasteiger partial charge in [0.2, 0.25) is 10.0 Å². The molecule has 3 aromatic rings. The number of thioether (sulfide) groups is 1. The van der Waals surface area contributed by atoms with Crippen molar-refractivity contribution >= 4 is 33.5 Å². The van der Waals surface area contributed by atoms with Crippen LogP contribution >= 0.6 is 11.8 Å². The minimum absolute atomic E-state index is 0.123. The van der Waals surface area contributed by atoms with Crippen LogP contribution in [0.4, 0.5) is 0 Å². The maximum Gasteiger partial charge on any atom is 0.289 e. The maximum atomic E-state index is 12.9. The van der Waals surface area contributed by atoms with E-state index < -0.39 is 10.0 Å². The van der Waals surface area contributed by atoms with E-state index in [1.54, 1.807) is 23.2 Å². The van der Waals surface area contributed by atoms with E-state index in [9.17, 15) is 18.0 Å². The second-order valence-electron chi connectivity index (χ2n) is 7.65. The van der Waals surface area contributed by atoms with Crippen LogP contribution in [-0.2, 0) is 22.8 Å². The van der Waals surface area contributed by atoms with Crippen LogP contribution in [0, 0.1) is 0 Å². The van der Waals surface area contributed by atoms with Crippen molar-refractivity contribution in [3.05, 3.63) is 65.9 Å². The average molecular weight is 489 g/mol. The minimum Gasteiger partial charge on any atom is -0.455 e. The SMILES string of the molecule is CC(=O)c1ccc(S(=O)(=O)N2CCN(C(=O)c3ccc(CSc4nccn4C)o3)CC2)cc1. The Bertz CT molecular complexity index is 1260. The molecule has 1 aliphatic heterocycles. The van der Waals surface area contributed by atoms with Crippen LogP contribution in [0.15, 0.2) is 63.3 Å². The Labute approximate surface area is 196 Å². The number of amides is 1. The van der Waals surface area contributed by atoms with E-state index >= 15 is 0 Å². The summed E-state index contributed by atoms with van der Waals surface area (Å²) in [7, 11) is -1.79. The summed E-state index contributed by atoms with van der Waals surface area (Å²) in [6, 6.07) is 9.32. The van der Waals surface area contributed by atoms with Crippen molar-refractivity contribution < 1.29 is 22.4 Å². The van der Waals surface area contributed by atoms with E-state index in [1.165, 1.54) is 47.3 Å². The molecule has 33 heavy (non-hydrogen) atoms. The maximum absolute atomic E-state index is 12.9. The summed E-state index contributed by atoms with van der Waals surface area (Å²) in [5.74, 6) is 1.07. The van der Waals surface area contributed by atoms with Gasteiger partial charge in [0.25, 0.3) is 5.91 Å². The van der Waals surface area contributed by atoms with Gasteiger partial charge in [-0.25, -0.2) is 13.4 Å². The summed E-state index contributed by atoms with van der Waals surface area (Å²) in [5.41, 5.74) is 0.459. The zero-order valence-corrected chi connectivity index (χ0v) is 19.9. The predicted molar refractivity (Wildman–Crippen MR) is 123 cm³/mol. The van der Waals surface area contributed by atoms with Gasteiger partial charge in [0, 0.05) is 51.2 Å². The molecular formula is C22H24N4O5S2. The summed E-state index contributed by atoms with van der Waals surface area (Å²) in [6.07, 6.45) is 3.58. The average Bonchev–Trinajstić information content (AvgIpc) is 3.46. The molecule has 2 aromatic heterocycles. The first-order chi connectivity index (χ1) is 15.8. The molecule has 0 spiro atoms. The molecule has 3 heterocycles. The van der Waals surface area contributed by atoms with Crippen LogP contribution < -0.4 is 0 Å². The van der Waals surface area contributed by atoms with Gasteiger partial charge in [0.05, 0.1) is 10.6 Å². The molecule has 1 saturated heterocycles. The quantitative estimate of drug-likeness (QED) is 0.372. The lowest BCUT2D eigenvalue weighted by Crippen LogP contribution is -2.50. The van der Waals surface area contributed by atoms with Crippen molar-refractivity contribution in [1.82, 2.24) is 18.8 Å². The third kappa shape index (κ3) is 5.05. The van der Waals surface area contributed by atoms with Crippen molar-refractivity contribution in [1.29, 1.82) is 0 Å².